The van der Waals surface area contributed by atoms with Gasteiger partial charge in [-0.25, -0.2) is 17.8 Å². The minimum atomic E-state index is -3.50. The van der Waals surface area contributed by atoms with Crippen LogP contribution < -0.4 is 4.74 Å². The van der Waals surface area contributed by atoms with Gasteiger partial charge in [-0.05, 0) is 24.6 Å². The summed E-state index contributed by atoms with van der Waals surface area (Å²) in [7, 11) is -3.50. The molecule has 0 amide bonds. The summed E-state index contributed by atoms with van der Waals surface area (Å²) in [5.41, 5.74) is 0. The van der Waals surface area contributed by atoms with Gasteiger partial charge in [-0.2, -0.15) is 12.6 Å². The molecule has 0 aromatic heterocycles. The second-order valence-electron chi connectivity index (χ2n) is 4.32. The van der Waals surface area contributed by atoms with Crippen LogP contribution in [0.2, 0.25) is 0 Å². The van der Waals surface area contributed by atoms with Gasteiger partial charge in [0.25, 0.3) is 5.90 Å². The largest absolute Gasteiger partial charge is 0.433 e. The summed E-state index contributed by atoms with van der Waals surface area (Å²) in [6.45, 7) is 0.373. The van der Waals surface area contributed by atoms with E-state index in [1.54, 1.807) is 0 Å². The van der Waals surface area contributed by atoms with E-state index in [1.165, 1.54) is 6.07 Å². The number of sulfone groups is 1. The smallest absolute Gasteiger partial charge is 0.260 e. The average Bonchev–Trinajstić information content (AvgIpc) is 2.36. The molecule has 2 rings (SSSR count). The molecule has 0 saturated heterocycles. The highest BCUT2D eigenvalue weighted by atomic mass is 32.2. The third-order valence-electron chi connectivity index (χ3n) is 2.71. The molecule has 108 valence electrons. The van der Waals surface area contributed by atoms with Crippen LogP contribution in [0, 0.1) is 5.82 Å². The van der Waals surface area contributed by atoms with Gasteiger partial charge in [0.05, 0.1) is 10.1 Å². The zero-order valence-corrected chi connectivity index (χ0v) is 12.2. The zero-order valence-electron chi connectivity index (χ0n) is 10.5. The van der Waals surface area contributed by atoms with Gasteiger partial charge < -0.3 is 4.74 Å². The van der Waals surface area contributed by atoms with Crippen LogP contribution in [0.25, 0.3) is 0 Å². The fourth-order valence-electron chi connectivity index (χ4n) is 1.62. The van der Waals surface area contributed by atoms with Crippen LogP contribution in [0.1, 0.15) is 6.42 Å². The fraction of sp³-hybridized carbons (Fsp3) is 0.333. The normalized spacial score (nSPS) is 19.6. The van der Waals surface area contributed by atoms with E-state index in [9.17, 15) is 17.6 Å². The molecule has 20 heavy (non-hydrogen) atoms. The third-order valence-corrected chi connectivity index (χ3v) is 4.31. The van der Waals surface area contributed by atoms with Crippen molar-refractivity contribution in [3.8, 4) is 5.75 Å². The monoisotopic (exact) mass is 317 g/mol. The van der Waals surface area contributed by atoms with Gasteiger partial charge in [-0.3, -0.25) is 4.79 Å². The molecule has 1 atom stereocenters. The number of halogens is 1. The summed E-state index contributed by atoms with van der Waals surface area (Å²) in [6, 6.07) is 3.21. The lowest BCUT2D eigenvalue weighted by molar-refractivity contribution is -0.113. The maximum atomic E-state index is 13.8. The van der Waals surface area contributed by atoms with Crippen LogP contribution in [0.15, 0.2) is 28.1 Å². The molecule has 1 unspecified atom stereocenters. The summed E-state index contributed by atoms with van der Waals surface area (Å²) >= 11 is 4.08. The number of hydrogen-bond acceptors (Lipinski definition) is 6. The first kappa shape index (κ1) is 15.0. The Bertz CT molecular complexity index is 685. The lowest BCUT2D eigenvalue weighted by Gasteiger charge is -2.16. The molecule has 0 saturated carbocycles. The molecule has 0 fully saturated rings. The minimum Gasteiger partial charge on any atom is -0.433 e. The number of benzene rings is 1. The van der Waals surface area contributed by atoms with Crippen molar-refractivity contribution in [1.82, 2.24) is 0 Å². The van der Waals surface area contributed by atoms with Crippen molar-refractivity contribution in [3.05, 3.63) is 24.0 Å². The molecule has 0 aliphatic carbocycles. The number of carbonyl (C=O) groups excluding carboxylic acids is 1. The third kappa shape index (κ3) is 3.18. The number of thiol groups is 1. The van der Waals surface area contributed by atoms with Crippen molar-refractivity contribution in [3.63, 3.8) is 0 Å². The van der Waals surface area contributed by atoms with Crippen molar-refractivity contribution in [1.29, 1.82) is 0 Å². The van der Waals surface area contributed by atoms with Crippen molar-refractivity contribution in [2.45, 2.75) is 16.6 Å². The van der Waals surface area contributed by atoms with Crippen molar-refractivity contribution in [2.24, 2.45) is 4.99 Å². The number of Topliss-reactive ketones (excluding diaryl/α,β-unsaturated/α-hetero) is 1. The Kier molecular flexibility index (Phi) is 4.14. The molecular weight excluding hydrogens is 305 g/mol. The maximum absolute atomic E-state index is 13.8. The highest BCUT2D eigenvalue weighted by molar-refractivity contribution is 7.90. The van der Waals surface area contributed by atoms with Gasteiger partial charge in [-0.15, -0.1) is 0 Å². The summed E-state index contributed by atoms with van der Waals surface area (Å²) in [5.74, 6) is -1.73. The number of carbonyl (C=O) groups is 1. The number of nitrogens with zero attached hydrogens (tertiary/aromatic N) is 1. The van der Waals surface area contributed by atoms with Crippen LogP contribution in [-0.4, -0.2) is 38.1 Å². The number of aliphatic imine (C=N–C) groups is 1. The van der Waals surface area contributed by atoms with E-state index in [1.807, 2.05) is 0 Å². The molecule has 8 heteroatoms. The van der Waals surface area contributed by atoms with Crippen LogP contribution in [0.5, 0.6) is 5.75 Å². The molecule has 1 heterocycles. The molecule has 0 spiro atoms. The Balaban J connectivity index is 2.27. The molecule has 1 aromatic carbocycles. The SMILES string of the molecule is CS(=O)(=O)c1ccc(OC2=NCCC(S)C2=O)c(F)c1. The van der Waals surface area contributed by atoms with E-state index in [4.69, 9.17) is 4.74 Å². The van der Waals surface area contributed by atoms with Gasteiger partial charge in [0.2, 0.25) is 5.78 Å². The fourth-order valence-corrected chi connectivity index (χ4v) is 2.48. The first-order valence-electron chi connectivity index (χ1n) is 5.73. The van der Waals surface area contributed by atoms with Crippen molar-refractivity contribution < 1.29 is 22.3 Å². The van der Waals surface area contributed by atoms with Gasteiger partial charge in [0.1, 0.15) is 0 Å². The number of ether oxygens (including phenoxy) is 1. The number of ketones is 1. The van der Waals surface area contributed by atoms with Crippen LogP contribution in [-0.2, 0) is 14.6 Å². The summed E-state index contributed by atoms with van der Waals surface area (Å²) in [4.78, 5) is 15.4. The summed E-state index contributed by atoms with van der Waals surface area (Å²) < 4.78 is 41.5. The lowest BCUT2D eigenvalue weighted by atomic mass is 10.1. The van der Waals surface area contributed by atoms with Gasteiger partial charge >= 0.3 is 0 Å². The van der Waals surface area contributed by atoms with Gasteiger partial charge in [0, 0.05) is 12.8 Å². The van der Waals surface area contributed by atoms with Crippen molar-refractivity contribution in [2.75, 3.05) is 12.8 Å². The van der Waals surface area contributed by atoms with E-state index in [-0.39, 0.29) is 16.5 Å². The average molecular weight is 317 g/mol. The van der Waals surface area contributed by atoms with E-state index in [0.29, 0.717) is 13.0 Å². The standard InChI is InChI=1S/C12H12FNO4S2/c1-20(16,17)7-2-3-9(8(13)6-7)18-12-11(15)10(19)4-5-14-12/h2-3,6,10,19H,4-5H2,1H3. The quantitative estimate of drug-likeness (QED) is 0.834. The highest BCUT2D eigenvalue weighted by Crippen LogP contribution is 2.22. The van der Waals surface area contributed by atoms with E-state index >= 15 is 0 Å². The molecule has 0 radical (unpaired) electrons. The first-order chi connectivity index (χ1) is 9.29. The van der Waals surface area contributed by atoms with E-state index in [0.717, 1.165) is 18.4 Å². The topological polar surface area (TPSA) is 72.8 Å². The second kappa shape index (κ2) is 5.53. The second-order valence-corrected chi connectivity index (χ2v) is 6.96. The molecule has 0 bridgehead atoms. The molecule has 1 aromatic rings. The number of rotatable bonds is 2. The summed E-state index contributed by atoms with van der Waals surface area (Å²) in [6.07, 6.45) is 1.48. The Labute approximate surface area is 121 Å². The predicted octanol–water partition coefficient (Wildman–Crippen LogP) is 1.28. The number of hydrogen-bond donors (Lipinski definition) is 1. The van der Waals surface area contributed by atoms with Crippen LogP contribution >= 0.6 is 12.6 Å². The first-order valence-corrected chi connectivity index (χ1v) is 8.14. The highest BCUT2D eigenvalue weighted by Gasteiger charge is 2.26. The Morgan fingerprint density at radius 3 is 2.75 bits per heavy atom. The molecule has 0 N–H and O–H groups in total. The minimum absolute atomic E-state index is 0.161. The molecule has 5 nitrogen and oxygen atoms in total. The van der Waals surface area contributed by atoms with Crippen LogP contribution in [0.4, 0.5) is 4.39 Å². The lowest BCUT2D eigenvalue weighted by Crippen LogP contribution is -2.33. The molecular formula is C12H12FNO4S2. The Morgan fingerprint density at radius 1 is 1.45 bits per heavy atom. The molecule has 1 aliphatic heterocycles. The van der Waals surface area contributed by atoms with E-state index in [2.05, 4.69) is 17.6 Å². The molecule has 1 aliphatic rings. The zero-order chi connectivity index (χ0) is 14.9. The maximum Gasteiger partial charge on any atom is 0.260 e. The summed E-state index contributed by atoms with van der Waals surface area (Å²) in [5, 5.41) is -0.513. The van der Waals surface area contributed by atoms with E-state index < -0.39 is 26.7 Å². The predicted molar refractivity (Wildman–Crippen MR) is 74.8 cm³/mol. The Hall–Kier alpha value is -1.41. The van der Waals surface area contributed by atoms with Crippen LogP contribution in [0.3, 0.4) is 0 Å². The Morgan fingerprint density at radius 2 is 2.15 bits per heavy atom. The van der Waals surface area contributed by atoms with Gasteiger partial charge in [0.15, 0.2) is 21.4 Å². The van der Waals surface area contributed by atoms with Crippen molar-refractivity contribution >= 4 is 34.1 Å². The van der Waals surface area contributed by atoms with Gasteiger partial charge in [-0.1, -0.05) is 0 Å².